The van der Waals surface area contributed by atoms with E-state index >= 15 is 0 Å². The Labute approximate surface area is 85.9 Å². The molecule has 0 spiro atoms. The van der Waals surface area contributed by atoms with Gasteiger partial charge in [-0.15, -0.1) is 0 Å². The topological polar surface area (TPSA) is 49.3 Å². The van der Waals surface area contributed by atoms with E-state index in [1.54, 1.807) is 0 Å². The fourth-order valence-corrected chi connectivity index (χ4v) is 1.93. The standard InChI is InChI=1S/C11H21NO2/c1-8-3-5-10(6-4-8)11(14)12-9(2)7-13/h8-10,13H,3-7H2,1-2H3,(H,12,14)/t8-,9-,10+/m1/s1. The molecule has 14 heavy (non-hydrogen) atoms. The van der Waals surface area contributed by atoms with Gasteiger partial charge >= 0.3 is 0 Å². The lowest BCUT2D eigenvalue weighted by atomic mass is 9.82. The van der Waals surface area contributed by atoms with Gasteiger partial charge in [-0.1, -0.05) is 6.92 Å². The van der Waals surface area contributed by atoms with Crippen LogP contribution in [0.4, 0.5) is 0 Å². The molecule has 1 aliphatic rings. The molecule has 0 aliphatic heterocycles. The molecule has 2 N–H and O–H groups in total. The highest BCUT2D eigenvalue weighted by Crippen LogP contribution is 2.28. The lowest BCUT2D eigenvalue weighted by molar-refractivity contribution is -0.127. The number of amides is 1. The molecule has 1 rings (SSSR count). The minimum atomic E-state index is -0.109. The molecule has 0 bridgehead atoms. The van der Waals surface area contributed by atoms with Crippen LogP contribution in [0.25, 0.3) is 0 Å². The average Bonchev–Trinajstić information content (AvgIpc) is 2.18. The Morgan fingerprint density at radius 2 is 2.00 bits per heavy atom. The zero-order chi connectivity index (χ0) is 10.6. The van der Waals surface area contributed by atoms with Crippen molar-refractivity contribution < 1.29 is 9.90 Å². The summed E-state index contributed by atoms with van der Waals surface area (Å²) in [5.74, 6) is 1.08. The lowest BCUT2D eigenvalue weighted by Gasteiger charge is -2.26. The summed E-state index contributed by atoms with van der Waals surface area (Å²) < 4.78 is 0. The molecule has 0 radical (unpaired) electrons. The van der Waals surface area contributed by atoms with Gasteiger partial charge in [0.1, 0.15) is 0 Å². The monoisotopic (exact) mass is 199 g/mol. The molecule has 1 atom stereocenters. The second kappa shape index (κ2) is 5.35. The molecular formula is C11H21NO2. The molecule has 3 nitrogen and oxygen atoms in total. The van der Waals surface area contributed by atoms with Crippen molar-refractivity contribution >= 4 is 5.91 Å². The van der Waals surface area contributed by atoms with Gasteiger partial charge in [-0.3, -0.25) is 4.79 Å². The molecular weight excluding hydrogens is 178 g/mol. The second-order valence-electron chi connectivity index (χ2n) is 4.55. The van der Waals surface area contributed by atoms with E-state index in [1.165, 1.54) is 0 Å². The van der Waals surface area contributed by atoms with E-state index < -0.39 is 0 Å². The van der Waals surface area contributed by atoms with Crippen LogP contribution >= 0.6 is 0 Å². The molecule has 1 amide bonds. The predicted molar refractivity (Wildman–Crippen MR) is 55.8 cm³/mol. The zero-order valence-electron chi connectivity index (χ0n) is 9.12. The van der Waals surface area contributed by atoms with Crippen LogP contribution in [0.1, 0.15) is 39.5 Å². The number of aliphatic hydroxyl groups excluding tert-OH is 1. The molecule has 1 fully saturated rings. The third-order valence-electron chi connectivity index (χ3n) is 3.05. The third kappa shape index (κ3) is 3.29. The highest BCUT2D eigenvalue weighted by Gasteiger charge is 2.24. The zero-order valence-corrected chi connectivity index (χ0v) is 9.12. The summed E-state index contributed by atoms with van der Waals surface area (Å²) in [6.07, 6.45) is 4.33. The summed E-state index contributed by atoms with van der Waals surface area (Å²) in [4.78, 5) is 11.7. The van der Waals surface area contributed by atoms with E-state index in [4.69, 9.17) is 5.11 Å². The Bertz CT molecular complexity index is 186. The maximum absolute atomic E-state index is 11.7. The van der Waals surface area contributed by atoms with Crippen molar-refractivity contribution in [3.05, 3.63) is 0 Å². The molecule has 0 saturated heterocycles. The number of hydrogen-bond donors (Lipinski definition) is 2. The van der Waals surface area contributed by atoms with Crippen LogP contribution in [0.3, 0.4) is 0 Å². The van der Waals surface area contributed by atoms with E-state index in [2.05, 4.69) is 12.2 Å². The normalized spacial score (nSPS) is 29.6. The van der Waals surface area contributed by atoms with Crippen LogP contribution in [0, 0.1) is 11.8 Å². The first kappa shape index (κ1) is 11.5. The van der Waals surface area contributed by atoms with Crippen molar-refractivity contribution in [1.82, 2.24) is 5.32 Å². The highest BCUT2D eigenvalue weighted by molar-refractivity contribution is 5.78. The molecule has 3 heteroatoms. The molecule has 0 unspecified atom stereocenters. The first-order valence-electron chi connectivity index (χ1n) is 5.54. The molecule has 82 valence electrons. The summed E-state index contributed by atoms with van der Waals surface area (Å²) >= 11 is 0. The number of carbonyl (C=O) groups is 1. The fraction of sp³-hybridized carbons (Fsp3) is 0.909. The number of carbonyl (C=O) groups excluding carboxylic acids is 1. The molecule has 1 saturated carbocycles. The Hall–Kier alpha value is -0.570. The highest BCUT2D eigenvalue weighted by atomic mass is 16.3. The fourth-order valence-electron chi connectivity index (χ4n) is 1.93. The van der Waals surface area contributed by atoms with Crippen LogP contribution in [0.15, 0.2) is 0 Å². The van der Waals surface area contributed by atoms with Crippen LogP contribution < -0.4 is 5.32 Å². The summed E-state index contributed by atoms with van der Waals surface area (Å²) in [6, 6.07) is -0.109. The number of rotatable bonds is 3. The minimum absolute atomic E-state index is 0.0227. The summed E-state index contributed by atoms with van der Waals surface area (Å²) in [6.45, 7) is 4.09. The lowest BCUT2D eigenvalue weighted by Crippen LogP contribution is -2.40. The SMILES string of the molecule is C[C@H](CO)NC(=O)[C@H]1CC[C@@H](C)CC1. The van der Waals surface area contributed by atoms with Gasteiger partial charge in [0.15, 0.2) is 0 Å². The predicted octanol–water partition coefficient (Wildman–Crippen LogP) is 1.31. The van der Waals surface area contributed by atoms with Gasteiger partial charge < -0.3 is 10.4 Å². The van der Waals surface area contributed by atoms with E-state index in [-0.39, 0.29) is 24.5 Å². The van der Waals surface area contributed by atoms with Crippen molar-refractivity contribution in [2.24, 2.45) is 11.8 Å². The summed E-state index contributed by atoms with van der Waals surface area (Å²) in [7, 11) is 0. The Kier molecular flexibility index (Phi) is 4.39. The summed E-state index contributed by atoms with van der Waals surface area (Å²) in [5.41, 5.74) is 0. The molecule has 0 heterocycles. The van der Waals surface area contributed by atoms with Gasteiger partial charge in [0.05, 0.1) is 6.61 Å². The average molecular weight is 199 g/mol. The van der Waals surface area contributed by atoms with Gasteiger partial charge in [-0.2, -0.15) is 0 Å². The van der Waals surface area contributed by atoms with Gasteiger partial charge in [0.2, 0.25) is 5.91 Å². The largest absolute Gasteiger partial charge is 0.394 e. The van der Waals surface area contributed by atoms with Crippen molar-refractivity contribution in [3.63, 3.8) is 0 Å². The van der Waals surface area contributed by atoms with Gasteiger partial charge in [-0.05, 0) is 38.5 Å². The maximum atomic E-state index is 11.7. The Morgan fingerprint density at radius 1 is 1.43 bits per heavy atom. The van der Waals surface area contributed by atoms with E-state index in [1.807, 2.05) is 6.92 Å². The van der Waals surface area contributed by atoms with E-state index in [9.17, 15) is 4.79 Å². The second-order valence-corrected chi connectivity index (χ2v) is 4.55. The van der Waals surface area contributed by atoms with Crippen LogP contribution in [0.5, 0.6) is 0 Å². The Morgan fingerprint density at radius 3 is 2.50 bits per heavy atom. The smallest absolute Gasteiger partial charge is 0.223 e. The summed E-state index contributed by atoms with van der Waals surface area (Å²) in [5, 5.41) is 11.6. The minimum Gasteiger partial charge on any atom is -0.394 e. The van der Waals surface area contributed by atoms with Crippen LogP contribution in [-0.2, 0) is 4.79 Å². The van der Waals surface area contributed by atoms with Crippen molar-refractivity contribution in [1.29, 1.82) is 0 Å². The van der Waals surface area contributed by atoms with Crippen molar-refractivity contribution in [3.8, 4) is 0 Å². The van der Waals surface area contributed by atoms with Crippen LogP contribution in [-0.4, -0.2) is 23.7 Å². The van der Waals surface area contributed by atoms with Crippen molar-refractivity contribution in [2.75, 3.05) is 6.61 Å². The quantitative estimate of drug-likeness (QED) is 0.720. The number of hydrogen-bond acceptors (Lipinski definition) is 2. The molecule has 0 aromatic rings. The Balaban J connectivity index is 2.30. The van der Waals surface area contributed by atoms with E-state index in [0.717, 1.165) is 31.6 Å². The molecule has 0 aromatic heterocycles. The van der Waals surface area contributed by atoms with Gasteiger partial charge in [-0.25, -0.2) is 0 Å². The third-order valence-corrected chi connectivity index (χ3v) is 3.05. The molecule has 1 aliphatic carbocycles. The maximum Gasteiger partial charge on any atom is 0.223 e. The molecule has 0 aromatic carbocycles. The van der Waals surface area contributed by atoms with Crippen molar-refractivity contribution in [2.45, 2.75) is 45.6 Å². The van der Waals surface area contributed by atoms with E-state index in [0.29, 0.717) is 0 Å². The number of nitrogens with one attached hydrogen (secondary N) is 1. The van der Waals surface area contributed by atoms with Gasteiger partial charge in [0.25, 0.3) is 0 Å². The van der Waals surface area contributed by atoms with Crippen LogP contribution in [0.2, 0.25) is 0 Å². The first-order valence-corrected chi connectivity index (χ1v) is 5.54. The first-order chi connectivity index (χ1) is 6.63. The van der Waals surface area contributed by atoms with Gasteiger partial charge in [0, 0.05) is 12.0 Å². The number of aliphatic hydroxyl groups is 1.